The summed E-state index contributed by atoms with van der Waals surface area (Å²) in [5.41, 5.74) is -0.0720. The van der Waals surface area contributed by atoms with Gasteiger partial charge in [0.2, 0.25) is 0 Å². The Kier molecular flexibility index (Phi) is 3.69. The van der Waals surface area contributed by atoms with Crippen molar-refractivity contribution in [2.24, 2.45) is 0 Å². The molecule has 0 aliphatic heterocycles. The fourth-order valence-electron chi connectivity index (χ4n) is 1.60. The lowest BCUT2D eigenvalue weighted by Crippen LogP contribution is -2.22. The maximum atomic E-state index is 13.4. The first-order chi connectivity index (χ1) is 9.27. The average molecular weight is 284 g/mol. The van der Waals surface area contributed by atoms with E-state index in [1.54, 1.807) is 10.9 Å². The maximum absolute atomic E-state index is 13.4. The van der Waals surface area contributed by atoms with Gasteiger partial charge in [-0.2, -0.15) is 0 Å². The van der Waals surface area contributed by atoms with Gasteiger partial charge in [-0.25, -0.2) is 17.9 Å². The highest BCUT2D eigenvalue weighted by atomic mass is 19.1. The van der Waals surface area contributed by atoms with E-state index in [9.17, 15) is 13.2 Å². The summed E-state index contributed by atoms with van der Waals surface area (Å²) in [4.78, 5) is 0. The second-order valence-electron chi connectivity index (χ2n) is 5.42. The Bertz CT molecular complexity index is 593. The molecule has 0 atom stereocenters. The van der Waals surface area contributed by atoms with Crippen molar-refractivity contribution in [1.82, 2.24) is 15.0 Å². The van der Waals surface area contributed by atoms with Gasteiger partial charge >= 0.3 is 0 Å². The average Bonchev–Trinajstić information content (AvgIpc) is 2.75. The van der Waals surface area contributed by atoms with E-state index in [1.165, 1.54) is 0 Å². The van der Waals surface area contributed by atoms with E-state index in [0.29, 0.717) is 17.8 Å². The molecule has 1 aromatic heterocycles. The molecule has 4 nitrogen and oxygen atoms in total. The summed E-state index contributed by atoms with van der Waals surface area (Å²) >= 11 is 0. The van der Waals surface area contributed by atoms with Crippen LogP contribution in [0.1, 0.15) is 26.5 Å². The topological polar surface area (TPSA) is 42.7 Å². The van der Waals surface area contributed by atoms with Gasteiger partial charge in [0.1, 0.15) is 17.2 Å². The van der Waals surface area contributed by atoms with Gasteiger partial charge in [0, 0.05) is 12.1 Å². The largest absolute Gasteiger partial charge is 0.375 e. The Hall–Kier alpha value is -2.05. The zero-order valence-corrected chi connectivity index (χ0v) is 11.4. The first kappa shape index (κ1) is 14.4. The number of hydrogen-bond donors (Lipinski definition) is 1. The molecular weight excluding hydrogens is 269 g/mol. The van der Waals surface area contributed by atoms with Gasteiger partial charge in [-0.15, -0.1) is 5.10 Å². The van der Waals surface area contributed by atoms with E-state index in [1.807, 2.05) is 20.8 Å². The lowest BCUT2D eigenvalue weighted by Gasteiger charge is -2.17. The number of aromatic nitrogens is 3. The molecule has 20 heavy (non-hydrogen) atoms. The van der Waals surface area contributed by atoms with Crippen LogP contribution < -0.4 is 5.32 Å². The van der Waals surface area contributed by atoms with Crippen LogP contribution in [0.4, 0.5) is 18.9 Å². The monoisotopic (exact) mass is 284 g/mol. The molecule has 0 bridgehead atoms. The van der Waals surface area contributed by atoms with Crippen LogP contribution in [0.25, 0.3) is 0 Å². The van der Waals surface area contributed by atoms with Crippen molar-refractivity contribution in [3.8, 4) is 0 Å². The van der Waals surface area contributed by atoms with Crippen LogP contribution in [0.3, 0.4) is 0 Å². The molecule has 1 aromatic carbocycles. The smallest absolute Gasteiger partial charge is 0.152 e. The summed E-state index contributed by atoms with van der Waals surface area (Å²) < 4.78 is 41.3. The molecule has 0 aliphatic rings. The fourth-order valence-corrected chi connectivity index (χ4v) is 1.60. The van der Waals surface area contributed by atoms with Crippen LogP contribution in [-0.2, 0) is 12.1 Å². The summed E-state index contributed by atoms with van der Waals surface area (Å²) in [6.07, 6.45) is 1.69. The van der Waals surface area contributed by atoms with Gasteiger partial charge in [0.05, 0.1) is 18.3 Å². The third-order valence-electron chi connectivity index (χ3n) is 2.68. The number of hydrogen-bond acceptors (Lipinski definition) is 3. The van der Waals surface area contributed by atoms with Crippen molar-refractivity contribution in [1.29, 1.82) is 0 Å². The Labute approximate surface area is 114 Å². The number of anilines is 1. The minimum Gasteiger partial charge on any atom is -0.375 e. The highest BCUT2D eigenvalue weighted by Gasteiger charge is 2.16. The van der Waals surface area contributed by atoms with Gasteiger partial charge in [-0.1, -0.05) is 5.21 Å². The molecule has 1 N–H and O–H groups in total. The maximum Gasteiger partial charge on any atom is 0.152 e. The lowest BCUT2D eigenvalue weighted by atomic mass is 10.1. The second-order valence-corrected chi connectivity index (χ2v) is 5.42. The Morgan fingerprint density at radius 1 is 1.15 bits per heavy atom. The molecule has 0 saturated carbocycles. The number of benzene rings is 1. The van der Waals surface area contributed by atoms with E-state index < -0.39 is 17.5 Å². The standard InChI is InChI=1S/C13H15F3N4/c1-13(2,3)20-7-9(18-19-20)6-17-12-10(15)4-8(14)5-11(12)16/h4-5,7,17H,6H2,1-3H3. The normalized spacial score (nSPS) is 11.7. The molecule has 108 valence electrons. The van der Waals surface area contributed by atoms with Crippen molar-refractivity contribution in [3.05, 3.63) is 41.5 Å². The molecular formula is C13H15F3N4. The van der Waals surface area contributed by atoms with Crippen LogP contribution in [0.15, 0.2) is 18.3 Å². The van der Waals surface area contributed by atoms with E-state index >= 15 is 0 Å². The van der Waals surface area contributed by atoms with Gasteiger partial charge in [0.25, 0.3) is 0 Å². The second kappa shape index (κ2) is 5.15. The molecule has 0 saturated heterocycles. The lowest BCUT2D eigenvalue weighted by molar-refractivity contribution is 0.347. The third kappa shape index (κ3) is 3.09. The molecule has 0 fully saturated rings. The molecule has 7 heteroatoms. The molecule has 2 rings (SSSR count). The number of nitrogens with zero attached hydrogens (tertiary/aromatic N) is 3. The van der Waals surface area contributed by atoms with Gasteiger partial charge in [-0.05, 0) is 20.8 Å². The van der Waals surface area contributed by atoms with Crippen LogP contribution in [0.2, 0.25) is 0 Å². The Balaban J connectivity index is 2.12. The molecule has 0 unspecified atom stereocenters. The van der Waals surface area contributed by atoms with Crippen molar-refractivity contribution in [3.63, 3.8) is 0 Å². The molecule has 1 heterocycles. The van der Waals surface area contributed by atoms with E-state index in [4.69, 9.17) is 0 Å². The molecule has 0 radical (unpaired) electrons. The number of nitrogens with one attached hydrogen (secondary N) is 1. The molecule has 0 aliphatic carbocycles. The van der Waals surface area contributed by atoms with Crippen molar-refractivity contribution in [2.45, 2.75) is 32.9 Å². The van der Waals surface area contributed by atoms with Crippen molar-refractivity contribution >= 4 is 5.69 Å². The third-order valence-corrected chi connectivity index (χ3v) is 2.68. The summed E-state index contributed by atoms with van der Waals surface area (Å²) in [7, 11) is 0. The van der Waals surface area contributed by atoms with Gasteiger partial charge in [0.15, 0.2) is 11.6 Å². The quantitative estimate of drug-likeness (QED) is 0.942. The Morgan fingerprint density at radius 3 is 2.25 bits per heavy atom. The molecule has 0 amide bonds. The zero-order chi connectivity index (χ0) is 14.9. The fraction of sp³-hybridized carbons (Fsp3) is 0.385. The highest BCUT2D eigenvalue weighted by molar-refractivity contribution is 5.46. The summed E-state index contributed by atoms with van der Waals surface area (Å²) in [5, 5.41) is 10.4. The van der Waals surface area contributed by atoms with Gasteiger partial charge < -0.3 is 5.32 Å². The van der Waals surface area contributed by atoms with Gasteiger partial charge in [-0.3, -0.25) is 0 Å². The summed E-state index contributed by atoms with van der Waals surface area (Å²) in [5.74, 6) is -2.92. The molecule has 2 aromatic rings. The molecule has 0 spiro atoms. The number of halogens is 3. The minimum absolute atomic E-state index is 0.0928. The van der Waals surface area contributed by atoms with Crippen LogP contribution in [-0.4, -0.2) is 15.0 Å². The van der Waals surface area contributed by atoms with Crippen LogP contribution in [0, 0.1) is 17.5 Å². The first-order valence-corrected chi connectivity index (χ1v) is 6.07. The number of rotatable bonds is 3. The zero-order valence-electron chi connectivity index (χ0n) is 11.4. The summed E-state index contributed by atoms with van der Waals surface area (Å²) in [6, 6.07) is 1.24. The van der Waals surface area contributed by atoms with E-state index in [2.05, 4.69) is 15.6 Å². The van der Waals surface area contributed by atoms with E-state index in [-0.39, 0.29) is 17.8 Å². The van der Waals surface area contributed by atoms with Crippen molar-refractivity contribution in [2.75, 3.05) is 5.32 Å². The predicted molar refractivity (Wildman–Crippen MR) is 68.7 cm³/mol. The summed E-state index contributed by atoms with van der Waals surface area (Å²) in [6.45, 7) is 5.96. The minimum atomic E-state index is -0.981. The van der Waals surface area contributed by atoms with E-state index in [0.717, 1.165) is 0 Å². The predicted octanol–water partition coefficient (Wildman–Crippen LogP) is 3.06. The van der Waals surface area contributed by atoms with Crippen LogP contribution in [0.5, 0.6) is 0 Å². The van der Waals surface area contributed by atoms with Crippen molar-refractivity contribution < 1.29 is 13.2 Å². The Morgan fingerprint density at radius 2 is 1.75 bits per heavy atom. The first-order valence-electron chi connectivity index (χ1n) is 6.07. The SMILES string of the molecule is CC(C)(C)n1cc(CNc2c(F)cc(F)cc2F)nn1. The van der Waals surface area contributed by atoms with Crippen LogP contribution >= 0.6 is 0 Å². The highest BCUT2D eigenvalue weighted by Crippen LogP contribution is 2.21.